The van der Waals surface area contributed by atoms with Gasteiger partial charge in [-0.2, -0.15) is 0 Å². The zero-order valence-electron chi connectivity index (χ0n) is 11.0. The first-order chi connectivity index (χ1) is 10.1. The van der Waals surface area contributed by atoms with Crippen LogP contribution in [0.4, 0.5) is 0 Å². The summed E-state index contributed by atoms with van der Waals surface area (Å²) in [5.74, 6) is 0.669. The molecule has 21 heavy (non-hydrogen) atoms. The van der Waals surface area contributed by atoms with Crippen LogP contribution in [0.25, 0.3) is 0 Å². The summed E-state index contributed by atoms with van der Waals surface area (Å²) in [7, 11) is 0. The van der Waals surface area contributed by atoms with Crippen molar-refractivity contribution in [1.82, 2.24) is 9.88 Å². The van der Waals surface area contributed by atoms with Gasteiger partial charge in [-0.1, -0.05) is 11.6 Å². The highest BCUT2D eigenvalue weighted by Gasteiger charge is 2.29. The summed E-state index contributed by atoms with van der Waals surface area (Å²) in [6, 6.07) is 3.59. The molecule has 0 saturated carbocycles. The third kappa shape index (κ3) is 3.39. The fraction of sp³-hybridized carbons (Fsp3) is 0.286. The van der Waals surface area contributed by atoms with Gasteiger partial charge in [-0.25, -0.2) is 0 Å². The van der Waals surface area contributed by atoms with Crippen molar-refractivity contribution < 1.29 is 9.53 Å². The number of likely N-dealkylation sites (tertiary alicyclic amines) is 1. The molecule has 0 aliphatic carbocycles. The van der Waals surface area contributed by atoms with Crippen molar-refractivity contribution in [1.29, 1.82) is 0 Å². The van der Waals surface area contributed by atoms with E-state index in [0.717, 1.165) is 15.8 Å². The summed E-state index contributed by atoms with van der Waals surface area (Å²) in [6.45, 7) is 1.27. The van der Waals surface area contributed by atoms with Gasteiger partial charge in [0.05, 0.1) is 11.4 Å². The van der Waals surface area contributed by atoms with Crippen LogP contribution >= 0.6 is 38.9 Å². The SMILES string of the molecule is O=C(c1cc(Br)cs1)N1CCC(Oc2ccncc2Cl)C1. The molecule has 2 aromatic rings. The molecule has 1 aliphatic rings. The van der Waals surface area contributed by atoms with Crippen LogP contribution in [0.3, 0.4) is 0 Å². The fourth-order valence-electron chi connectivity index (χ4n) is 2.23. The molecule has 2 aromatic heterocycles. The van der Waals surface area contributed by atoms with Crippen LogP contribution in [-0.4, -0.2) is 35.0 Å². The van der Waals surface area contributed by atoms with E-state index in [4.69, 9.17) is 16.3 Å². The average Bonchev–Trinajstić information content (AvgIpc) is 3.10. The van der Waals surface area contributed by atoms with E-state index in [1.54, 1.807) is 18.5 Å². The molecule has 0 spiro atoms. The predicted octanol–water partition coefficient (Wildman–Crippen LogP) is 3.85. The summed E-state index contributed by atoms with van der Waals surface area (Å²) in [6.07, 6.45) is 3.97. The number of thiophene rings is 1. The number of pyridine rings is 1. The molecular weight excluding hydrogens is 376 g/mol. The first-order valence-corrected chi connectivity index (χ1v) is 8.48. The van der Waals surface area contributed by atoms with Gasteiger partial charge in [-0.3, -0.25) is 9.78 Å². The van der Waals surface area contributed by atoms with Crippen molar-refractivity contribution >= 4 is 44.8 Å². The Morgan fingerprint density at radius 3 is 3.14 bits per heavy atom. The second-order valence-corrected chi connectivity index (χ2v) is 6.95. The second-order valence-electron chi connectivity index (χ2n) is 4.71. The Balaban J connectivity index is 1.63. The Hall–Kier alpha value is -1.11. The number of hydrogen-bond donors (Lipinski definition) is 0. The number of ether oxygens (including phenoxy) is 1. The van der Waals surface area contributed by atoms with Crippen LogP contribution < -0.4 is 4.74 Å². The monoisotopic (exact) mass is 386 g/mol. The van der Waals surface area contributed by atoms with E-state index < -0.39 is 0 Å². The summed E-state index contributed by atoms with van der Waals surface area (Å²) in [4.78, 5) is 18.8. The Kier molecular flexibility index (Phi) is 4.47. The summed E-state index contributed by atoms with van der Waals surface area (Å²) in [5.41, 5.74) is 0. The predicted molar refractivity (Wildman–Crippen MR) is 86.2 cm³/mol. The maximum Gasteiger partial charge on any atom is 0.264 e. The fourth-order valence-corrected chi connectivity index (χ4v) is 3.78. The molecule has 7 heteroatoms. The van der Waals surface area contributed by atoms with Crippen LogP contribution in [0.1, 0.15) is 16.1 Å². The first kappa shape index (κ1) is 14.8. The minimum Gasteiger partial charge on any atom is -0.487 e. The molecule has 1 fully saturated rings. The van der Waals surface area contributed by atoms with Crippen LogP contribution in [0, 0.1) is 0 Å². The lowest BCUT2D eigenvalue weighted by Gasteiger charge is -2.17. The first-order valence-electron chi connectivity index (χ1n) is 6.43. The van der Waals surface area contributed by atoms with Crippen molar-refractivity contribution in [2.75, 3.05) is 13.1 Å². The molecule has 1 unspecified atom stereocenters. The van der Waals surface area contributed by atoms with Gasteiger partial charge in [-0.05, 0) is 22.0 Å². The third-order valence-electron chi connectivity index (χ3n) is 3.24. The zero-order chi connectivity index (χ0) is 14.8. The Bertz CT molecular complexity index is 664. The molecule has 3 heterocycles. The van der Waals surface area contributed by atoms with E-state index in [1.165, 1.54) is 11.3 Å². The minimum absolute atomic E-state index is 0.0303. The number of nitrogens with zero attached hydrogens (tertiary/aromatic N) is 2. The van der Waals surface area contributed by atoms with Crippen molar-refractivity contribution in [2.45, 2.75) is 12.5 Å². The number of carbonyl (C=O) groups is 1. The molecule has 110 valence electrons. The number of amides is 1. The molecule has 1 saturated heterocycles. The maximum absolute atomic E-state index is 12.3. The number of rotatable bonds is 3. The molecule has 0 aromatic carbocycles. The molecule has 3 rings (SSSR count). The Morgan fingerprint density at radius 1 is 1.57 bits per heavy atom. The Labute approximate surface area is 139 Å². The molecule has 0 bridgehead atoms. The quantitative estimate of drug-likeness (QED) is 0.803. The highest BCUT2D eigenvalue weighted by Crippen LogP contribution is 2.27. The van der Waals surface area contributed by atoms with Gasteiger partial charge >= 0.3 is 0 Å². The van der Waals surface area contributed by atoms with Crippen LogP contribution in [0.15, 0.2) is 34.4 Å². The minimum atomic E-state index is -0.0303. The van der Waals surface area contributed by atoms with Crippen molar-refractivity contribution in [3.8, 4) is 5.75 Å². The van der Waals surface area contributed by atoms with E-state index in [9.17, 15) is 4.79 Å². The maximum atomic E-state index is 12.3. The molecule has 1 atom stereocenters. The van der Waals surface area contributed by atoms with Crippen LogP contribution in [-0.2, 0) is 0 Å². The van der Waals surface area contributed by atoms with Gasteiger partial charge in [0.25, 0.3) is 5.91 Å². The van der Waals surface area contributed by atoms with E-state index >= 15 is 0 Å². The highest BCUT2D eigenvalue weighted by atomic mass is 79.9. The van der Waals surface area contributed by atoms with Gasteiger partial charge in [0.2, 0.25) is 0 Å². The van der Waals surface area contributed by atoms with Crippen LogP contribution in [0.2, 0.25) is 5.02 Å². The smallest absolute Gasteiger partial charge is 0.264 e. The molecule has 0 radical (unpaired) electrons. The largest absolute Gasteiger partial charge is 0.487 e. The van der Waals surface area contributed by atoms with Gasteiger partial charge in [0.15, 0.2) is 0 Å². The third-order valence-corrected chi connectivity index (χ3v) is 5.20. The van der Waals surface area contributed by atoms with Gasteiger partial charge < -0.3 is 9.64 Å². The Morgan fingerprint density at radius 2 is 2.43 bits per heavy atom. The molecule has 1 amide bonds. The average molecular weight is 388 g/mol. The number of hydrogen-bond acceptors (Lipinski definition) is 4. The molecule has 4 nitrogen and oxygen atoms in total. The molecule has 1 aliphatic heterocycles. The summed E-state index contributed by atoms with van der Waals surface area (Å²) < 4.78 is 6.79. The van der Waals surface area contributed by atoms with Crippen molar-refractivity contribution in [3.63, 3.8) is 0 Å². The van der Waals surface area contributed by atoms with E-state index in [1.807, 2.05) is 16.3 Å². The topological polar surface area (TPSA) is 42.4 Å². The lowest BCUT2D eigenvalue weighted by atomic mass is 10.3. The van der Waals surface area contributed by atoms with E-state index in [0.29, 0.717) is 23.9 Å². The van der Waals surface area contributed by atoms with E-state index in [2.05, 4.69) is 20.9 Å². The van der Waals surface area contributed by atoms with Crippen molar-refractivity contribution in [2.24, 2.45) is 0 Å². The number of halogens is 2. The number of carbonyl (C=O) groups excluding carboxylic acids is 1. The van der Waals surface area contributed by atoms with E-state index in [-0.39, 0.29) is 12.0 Å². The number of aromatic nitrogens is 1. The highest BCUT2D eigenvalue weighted by molar-refractivity contribution is 9.10. The summed E-state index contributed by atoms with van der Waals surface area (Å²) >= 11 is 10.8. The van der Waals surface area contributed by atoms with Gasteiger partial charge in [-0.15, -0.1) is 11.3 Å². The van der Waals surface area contributed by atoms with Gasteiger partial charge in [0.1, 0.15) is 16.9 Å². The summed E-state index contributed by atoms with van der Waals surface area (Å²) in [5, 5.41) is 2.40. The lowest BCUT2D eigenvalue weighted by molar-refractivity contribution is 0.0777. The molecular formula is C14H12BrClN2O2S. The van der Waals surface area contributed by atoms with Gasteiger partial charge in [0, 0.05) is 41.3 Å². The zero-order valence-corrected chi connectivity index (χ0v) is 14.1. The molecule has 0 N–H and O–H groups in total. The lowest BCUT2D eigenvalue weighted by Crippen LogP contribution is -2.30. The normalized spacial score (nSPS) is 18.0. The van der Waals surface area contributed by atoms with Crippen LogP contribution in [0.5, 0.6) is 5.75 Å². The standard InChI is InChI=1S/C14H12BrClN2O2S/c15-9-5-13(21-8-9)14(19)18-4-2-10(7-18)20-12-1-3-17-6-11(12)16/h1,3,5-6,8,10H,2,4,7H2. The second kappa shape index (κ2) is 6.34. The van der Waals surface area contributed by atoms with Crippen molar-refractivity contribution in [3.05, 3.63) is 44.3 Å².